The van der Waals surface area contributed by atoms with Crippen LogP contribution < -0.4 is 9.80 Å². The number of rotatable bonds is 9. The Morgan fingerprint density at radius 2 is 0.818 bits per heavy atom. The summed E-state index contributed by atoms with van der Waals surface area (Å²) in [5.41, 5.74) is 15.8. The van der Waals surface area contributed by atoms with Gasteiger partial charge in [-0.15, -0.1) is 0 Å². The lowest BCUT2D eigenvalue weighted by atomic mass is 9.87. The van der Waals surface area contributed by atoms with Crippen LogP contribution in [0.1, 0.15) is 51.7 Å². The van der Waals surface area contributed by atoms with Crippen LogP contribution in [0.15, 0.2) is 223 Å². The summed E-state index contributed by atoms with van der Waals surface area (Å²) in [7, 11) is 0. The molecule has 0 atom stereocenters. The van der Waals surface area contributed by atoms with Crippen molar-refractivity contribution < 1.29 is 4.42 Å². The van der Waals surface area contributed by atoms with Crippen LogP contribution >= 0.6 is 0 Å². The van der Waals surface area contributed by atoms with Crippen molar-refractivity contribution in [1.29, 1.82) is 0 Å². The minimum atomic E-state index is 0.0514. The largest absolute Gasteiger partial charge is 0.456 e. The van der Waals surface area contributed by atoms with Gasteiger partial charge in [-0.25, -0.2) is 0 Å². The Kier molecular flexibility index (Phi) is 10.3. The number of fused-ring (bicyclic) bond motifs is 5. The molecule has 11 aromatic rings. The summed E-state index contributed by atoms with van der Waals surface area (Å²) in [6.07, 6.45) is 0. The normalized spacial score (nSPS) is 11.8. The number of furan rings is 1. The first kappa shape index (κ1) is 40.9. The average Bonchev–Trinajstić information content (AvgIpc) is 3.69. The number of para-hydroxylation sites is 3. The topological polar surface area (TPSA) is 19.6 Å². The van der Waals surface area contributed by atoms with E-state index in [1.165, 1.54) is 44.2 Å². The minimum absolute atomic E-state index is 0.0514. The fourth-order valence-corrected chi connectivity index (χ4v) is 9.55. The molecule has 10 aromatic carbocycles. The molecule has 0 saturated heterocycles. The van der Waals surface area contributed by atoms with E-state index in [0.29, 0.717) is 5.92 Å². The summed E-state index contributed by atoms with van der Waals surface area (Å²) in [6.45, 7) is 11.3. The maximum absolute atomic E-state index is 6.81. The van der Waals surface area contributed by atoms with Gasteiger partial charge in [-0.05, 0) is 140 Å². The molecule has 66 heavy (non-hydrogen) atoms. The van der Waals surface area contributed by atoms with E-state index in [0.717, 1.165) is 66.8 Å². The molecule has 0 aliphatic heterocycles. The molecule has 0 unspecified atom stereocenters. The lowest BCUT2D eigenvalue weighted by Gasteiger charge is -2.29. The molecule has 0 bridgehead atoms. The first-order valence-electron chi connectivity index (χ1n) is 23.1. The lowest BCUT2D eigenvalue weighted by Crippen LogP contribution is -2.13. The maximum Gasteiger partial charge on any atom is 0.136 e. The van der Waals surface area contributed by atoms with Crippen LogP contribution in [-0.4, -0.2) is 0 Å². The second kappa shape index (κ2) is 16.6. The van der Waals surface area contributed by atoms with E-state index in [-0.39, 0.29) is 5.41 Å². The highest BCUT2D eigenvalue weighted by Crippen LogP contribution is 2.45. The first-order chi connectivity index (χ1) is 32.2. The molecular formula is C63H52N2O. The van der Waals surface area contributed by atoms with Crippen LogP contribution in [-0.2, 0) is 5.41 Å². The third-order valence-electron chi connectivity index (χ3n) is 13.1. The number of hydrogen-bond donors (Lipinski definition) is 0. The van der Waals surface area contributed by atoms with Crippen molar-refractivity contribution in [2.45, 2.75) is 46.0 Å². The molecule has 1 aromatic heterocycles. The summed E-state index contributed by atoms with van der Waals surface area (Å²) in [4.78, 5) is 4.76. The van der Waals surface area contributed by atoms with Crippen LogP contribution in [0.4, 0.5) is 34.1 Å². The van der Waals surface area contributed by atoms with Gasteiger partial charge in [0.05, 0.1) is 11.4 Å². The van der Waals surface area contributed by atoms with E-state index in [1.807, 2.05) is 0 Å². The molecule has 0 aliphatic rings. The Labute approximate surface area is 387 Å². The van der Waals surface area contributed by atoms with Gasteiger partial charge in [0, 0.05) is 44.6 Å². The summed E-state index contributed by atoms with van der Waals surface area (Å²) in [5, 5.41) is 6.80. The zero-order valence-corrected chi connectivity index (χ0v) is 38.2. The number of hydrogen-bond acceptors (Lipinski definition) is 3. The molecule has 11 rings (SSSR count). The van der Waals surface area contributed by atoms with Crippen molar-refractivity contribution in [2.75, 3.05) is 9.80 Å². The van der Waals surface area contributed by atoms with Crippen molar-refractivity contribution in [3.8, 4) is 22.3 Å². The highest BCUT2D eigenvalue weighted by atomic mass is 16.3. The van der Waals surface area contributed by atoms with E-state index >= 15 is 0 Å². The van der Waals surface area contributed by atoms with Crippen LogP contribution in [0, 0.1) is 0 Å². The molecule has 0 spiro atoms. The summed E-state index contributed by atoms with van der Waals surface area (Å²) in [5.74, 6) is 0.477. The van der Waals surface area contributed by atoms with Gasteiger partial charge < -0.3 is 14.2 Å². The van der Waals surface area contributed by atoms with Gasteiger partial charge in [0.25, 0.3) is 0 Å². The van der Waals surface area contributed by atoms with Crippen molar-refractivity contribution in [2.24, 2.45) is 0 Å². The highest BCUT2D eigenvalue weighted by molar-refractivity contribution is 6.14. The Morgan fingerprint density at radius 3 is 1.32 bits per heavy atom. The van der Waals surface area contributed by atoms with Gasteiger partial charge in [0.1, 0.15) is 11.2 Å². The number of benzene rings is 10. The summed E-state index contributed by atoms with van der Waals surface area (Å²) < 4.78 is 6.81. The zero-order valence-electron chi connectivity index (χ0n) is 38.2. The van der Waals surface area contributed by atoms with Crippen LogP contribution in [0.3, 0.4) is 0 Å². The fourth-order valence-electron chi connectivity index (χ4n) is 9.55. The average molecular weight is 853 g/mol. The van der Waals surface area contributed by atoms with Gasteiger partial charge in [-0.1, -0.05) is 168 Å². The first-order valence-corrected chi connectivity index (χ1v) is 23.1. The SMILES string of the molecule is CC(C)c1ccc(-c2ccccc2N(c2ccccc2)c2ccc3cc4c(cc3c2)oc2cc3cc(N(c5ccc(C(C)(C)C)cc5)c5ccccc5-c5ccccc5)ccc3cc24)cc1. The van der Waals surface area contributed by atoms with Gasteiger partial charge in [-0.2, -0.15) is 0 Å². The maximum atomic E-state index is 6.81. The van der Waals surface area contributed by atoms with Crippen molar-refractivity contribution in [1.82, 2.24) is 0 Å². The molecular weight excluding hydrogens is 801 g/mol. The molecule has 0 saturated carbocycles. The predicted octanol–water partition coefficient (Wildman–Crippen LogP) is 18.6. The molecule has 320 valence electrons. The monoisotopic (exact) mass is 852 g/mol. The molecule has 0 amide bonds. The standard InChI is InChI=1S/C63H52N2O/c1-42(2)43-24-26-45(27-25-43)56-21-13-15-23-60(56)64(51-18-10-7-11-19-51)53-32-28-46-38-57-58-39-47-29-33-54(37-49(47)41-62(58)66-61(57)40-48(46)36-53)65(52-34-30-50(31-35-52)63(3,4)5)59-22-14-12-20-55(59)44-16-8-6-9-17-44/h6-42H,1-5H3. The predicted molar refractivity (Wildman–Crippen MR) is 282 cm³/mol. The van der Waals surface area contributed by atoms with E-state index in [2.05, 4.69) is 263 Å². The molecule has 0 radical (unpaired) electrons. The van der Waals surface area contributed by atoms with Crippen LogP contribution in [0.5, 0.6) is 0 Å². The second-order valence-electron chi connectivity index (χ2n) is 18.8. The lowest BCUT2D eigenvalue weighted by molar-refractivity contribution is 0.590. The molecule has 0 aliphatic carbocycles. The Hall–Kier alpha value is -7.88. The second-order valence-corrected chi connectivity index (χ2v) is 18.8. The molecule has 3 heteroatoms. The number of anilines is 6. The molecule has 3 nitrogen and oxygen atoms in total. The van der Waals surface area contributed by atoms with Gasteiger partial charge in [0.15, 0.2) is 0 Å². The Morgan fingerprint density at radius 1 is 0.379 bits per heavy atom. The summed E-state index contributed by atoms with van der Waals surface area (Å²) >= 11 is 0. The Bertz CT molecular complexity index is 3530. The third-order valence-corrected chi connectivity index (χ3v) is 13.1. The Balaban J connectivity index is 1.01. The van der Waals surface area contributed by atoms with E-state index in [1.54, 1.807) is 0 Å². The van der Waals surface area contributed by atoms with Gasteiger partial charge >= 0.3 is 0 Å². The van der Waals surface area contributed by atoms with Crippen molar-refractivity contribution in [3.05, 3.63) is 230 Å². The van der Waals surface area contributed by atoms with E-state index < -0.39 is 0 Å². The van der Waals surface area contributed by atoms with Crippen LogP contribution in [0.2, 0.25) is 0 Å². The molecule has 1 heterocycles. The summed E-state index contributed by atoms with van der Waals surface area (Å²) in [6, 6.07) is 79.5. The van der Waals surface area contributed by atoms with Crippen LogP contribution in [0.25, 0.3) is 65.7 Å². The fraction of sp³-hybridized carbons (Fsp3) is 0.111. The number of nitrogens with zero attached hydrogens (tertiary/aromatic N) is 2. The minimum Gasteiger partial charge on any atom is -0.456 e. The van der Waals surface area contributed by atoms with Crippen molar-refractivity contribution in [3.63, 3.8) is 0 Å². The van der Waals surface area contributed by atoms with E-state index in [4.69, 9.17) is 4.42 Å². The van der Waals surface area contributed by atoms with Gasteiger partial charge in [0.2, 0.25) is 0 Å². The quantitative estimate of drug-likeness (QED) is 0.144. The van der Waals surface area contributed by atoms with Gasteiger partial charge in [-0.3, -0.25) is 0 Å². The highest BCUT2D eigenvalue weighted by Gasteiger charge is 2.22. The van der Waals surface area contributed by atoms with Crippen molar-refractivity contribution >= 4 is 77.6 Å². The zero-order chi connectivity index (χ0) is 44.9. The molecule has 0 fully saturated rings. The third kappa shape index (κ3) is 7.57. The van der Waals surface area contributed by atoms with E-state index in [9.17, 15) is 0 Å². The smallest absolute Gasteiger partial charge is 0.136 e. The molecule has 0 N–H and O–H groups in total.